The van der Waals surface area contributed by atoms with Crippen molar-refractivity contribution in [3.63, 3.8) is 0 Å². The first-order valence-corrected chi connectivity index (χ1v) is 11.0. The molecule has 0 radical (unpaired) electrons. The number of nitrogens with zero attached hydrogens (tertiary/aromatic N) is 3. The second-order valence-corrected chi connectivity index (χ2v) is 8.43. The van der Waals surface area contributed by atoms with Crippen LogP contribution in [0.15, 0.2) is 4.52 Å². The van der Waals surface area contributed by atoms with Crippen LogP contribution in [0.1, 0.15) is 23.4 Å². The van der Waals surface area contributed by atoms with E-state index in [0.717, 1.165) is 57.2 Å². The molecule has 2 saturated heterocycles. The lowest BCUT2D eigenvalue weighted by Crippen LogP contribution is -2.50. The summed E-state index contributed by atoms with van der Waals surface area (Å²) >= 11 is 0. The average Bonchev–Trinajstić information content (AvgIpc) is 3.36. The molecule has 3 rings (SSSR count). The zero-order valence-corrected chi connectivity index (χ0v) is 20.7. The Bertz CT molecular complexity index is 834. The normalized spacial score (nSPS) is 22.4. The molecule has 0 unspecified atom stereocenters. The molecule has 0 aromatic carbocycles. The van der Waals surface area contributed by atoms with Crippen LogP contribution >= 0.6 is 0 Å². The number of aryl methyl sites for hydroxylation is 2. The second-order valence-electron chi connectivity index (χ2n) is 8.43. The zero-order chi connectivity index (χ0) is 28.6. The monoisotopic (exact) mass is 551 g/mol. The largest absolute Gasteiger partial charge is 0.490 e. The van der Waals surface area contributed by atoms with Crippen LogP contribution in [0.4, 0.5) is 26.3 Å². The van der Waals surface area contributed by atoms with Gasteiger partial charge in [0, 0.05) is 64.5 Å². The molecule has 2 aliphatic heterocycles. The Morgan fingerprint density at radius 2 is 1.59 bits per heavy atom. The van der Waals surface area contributed by atoms with Crippen molar-refractivity contribution < 1.29 is 60.1 Å². The zero-order valence-electron chi connectivity index (χ0n) is 20.7. The van der Waals surface area contributed by atoms with Crippen LogP contribution in [-0.2, 0) is 25.6 Å². The number of hydrogen-bond acceptors (Lipinski definition) is 8. The summed E-state index contributed by atoms with van der Waals surface area (Å²) in [6.45, 7) is 10.0. The predicted molar refractivity (Wildman–Crippen MR) is 115 cm³/mol. The van der Waals surface area contributed by atoms with Gasteiger partial charge in [-0.05, 0) is 20.3 Å². The first-order valence-electron chi connectivity index (χ1n) is 11.0. The SMILES string of the molecule is COCCN1C[C@@H]2[C@@H](OC)CCN(Cc3c(C)noc3C)[C@@H]2C1.O=C(O)C(F)(F)F.O=C(O)C(F)(F)F. The maximum Gasteiger partial charge on any atom is 0.490 e. The first-order chi connectivity index (χ1) is 17.0. The van der Waals surface area contributed by atoms with Crippen LogP contribution in [0.3, 0.4) is 0 Å². The minimum absolute atomic E-state index is 0.369. The van der Waals surface area contributed by atoms with E-state index in [2.05, 4.69) is 15.0 Å². The standard InChI is InChI=1S/C17H29N3O3.2C2HF3O2/c1-12-14(13(2)23-18-12)10-20-6-5-17(22-4)15-9-19(7-8-21-3)11-16(15)20;2*3-2(4,5)1(6)7/h15-17H,5-11H2,1-4H3;2*(H,6,7)/t15-,16+,17-;;/m0../s1. The summed E-state index contributed by atoms with van der Waals surface area (Å²) in [5, 5.41) is 18.4. The molecule has 3 atom stereocenters. The smallest absolute Gasteiger partial charge is 0.475 e. The summed E-state index contributed by atoms with van der Waals surface area (Å²) in [7, 11) is 3.62. The molecule has 0 spiro atoms. The molecule has 1 aromatic heterocycles. The number of carboxylic acid groups (broad SMARTS) is 2. The topological polar surface area (TPSA) is 126 Å². The van der Waals surface area contributed by atoms with Gasteiger partial charge in [0.1, 0.15) is 5.76 Å². The number of methoxy groups -OCH3 is 2. The fourth-order valence-electron chi connectivity index (χ4n) is 4.14. The van der Waals surface area contributed by atoms with Crippen LogP contribution in [0, 0.1) is 19.8 Å². The molecule has 0 amide bonds. The summed E-state index contributed by atoms with van der Waals surface area (Å²) in [5.41, 5.74) is 2.26. The molecular weight excluding hydrogens is 520 g/mol. The fraction of sp³-hybridized carbons (Fsp3) is 0.762. The highest BCUT2D eigenvalue weighted by Gasteiger charge is 2.44. The molecule has 3 heterocycles. The Labute approximate surface area is 209 Å². The van der Waals surface area contributed by atoms with E-state index in [0.29, 0.717) is 18.1 Å². The number of likely N-dealkylation sites (tertiary alicyclic amines) is 2. The fourth-order valence-corrected chi connectivity index (χ4v) is 4.14. The Hall–Kier alpha value is -2.43. The van der Waals surface area contributed by atoms with Crippen LogP contribution in [-0.4, -0.2) is 109 Å². The van der Waals surface area contributed by atoms with Crippen LogP contribution in [0.2, 0.25) is 0 Å². The number of carbonyl (C=O) groups is 2. The maximum atomic E-state index is 10.6. The number of piperidine rings is 1. The van der Waals surface area contributed by atoms with Crippen molar-refractivity contribution in [3.8, 4) is 0 Å². The van der Waals surface area contributed by atoms with Gasteiger partial charge in [-0.1, -0.05) is 5.16 Å². The number of fused-ring (bicyclic) bond motifs is 1. The molecule has 0 bridgehead atoms. The number of rotatable bonds is 6. The number of aromatic nitrogens is 1. The van der Waals surface area contributed by atoms with Crippen LogP contribution in [0.5, 0.6) is 0 Å². The van der Waals surface area contributed by atoms with Gasteiger partial charge in [-0.25, -0.2) is 9.59 Å². The number of ether oxygens (including phenoxy) is 2. The molecule has 2 fully saturated rings. The van der Waals surface area contributed by atoms with Crippen molar-refractivity contribution in [2.24, 2.45) is 5.92 Å². The third-order valence-corrected chi connectivity index (χ3v) is 6.00. The Morgan fingerprint density at radius 1 is 1.05 bits per heavy atom. The van der Waals surface area contributed by atoms with Crippen molar-refractivity contribution in [3.05, 3.63) is 17.0 Å². The summed E-state index contributed by atoms with van der Waals surface area (Å²) in [6, 6.07) is 0.541. The third-order valence-electron chi connectivity index (χ3n) is 6.00. The molecule has 37 heavy (non-hydrogen) atoms. The van der Waals surface area contributed by atoms with Gasteiger partial charge in [0.2, 0.25) is 0 Å². The van der Waals surface area contributed by atoms with Gasteiger partial charge in [0.15, 0.2) is 0 Å². The van der Waals surface area contributed by atoms with Gasteiger partial charge in [-0.15, -0.1) is 0 Å². The Balaban J connectivity index is 0.000000404. The van der Waals surface area contributed by atoms with Gasteiger partial charge >= 0.3 is 24.3 Å². The highest BCUT2D eigenvalue weighted by atomic mass is 19.4. The van der Waals surface area contributed by atoms with Gasteiger partial charge in [-0.3, -0.25) is 9.80 Å². The molecule has 0 aliphatic carbocycles. The molecule has 2 aliphatic rings. The Morgan fingerprint density at radius 3 is 2.00 bits per heavy atom. The van der Waals surface area contributed by atoms with E-state index in [1.807, 2.05) is 21.0 Å². The average molecular weight is 551 g/mol. The molecular formula is C21H31F6N3O7. The van der Waals surface area contributed by atoms with Crippen LogP contribution < -0.4 is 0 Å². The summed E-state index contributed by atoms with van der Waals surface area (Å²) in [4.78, 5) is 22.9. The number of carboxylic acids is 2. The molecule has 1 aromatic rings. The van der Waals surface area contributed by atoms with E-state index >= 15 is 0 Å². The van der Waals surface area contributed by atoms with Gasteiger partial charge < -0.3 is 24.2 Å². The maximum absolute atomic E-state index is 10.6. The van der Waals surface area contributed by atoms with Crippen molar-refractivity contribution in [1.82, 2.24) is 15.0 Å². The third kappa shape index (κ3) is 10.1. The number of alkyl halides is 6. The highest BCUT2D eigenvalue weighted by molar-refractivity contribution is 5.73. The lowest BCUT2D eigenvalue weighted by molar-refractivity contribution is -0.193. The number of hydrogen-bond donors (Lipinski definition) is 2. The van der Waals surface area contributed by atoms with Crippen molar-refractivity contribution in [2.75, 3.05) is 47.0 Å². The number of halogens is 6. The highest BCUT2D eigenvalue weighted by Crippen LogP contribution is 2.34. The number of aliphatic carboxylic acids is 2. The lowest BCUT2D eigenvalue weighted by atomic mass is 9.88. The van der Waals surface area contributed by atoms with Gasteiger partial charge in [-0.2, -0.15) is 26.3 Å². The van der Waals surface area contributed by atoms with Crippen molar-refractivity contribution in [1.29, 1.82) is 0 Å². The second kappa shape index (κ2) is 13.9. The van der Waals surface area contributed by atoms with Crippen LogP contribution in [0.25, 0.3) is 0 Å². The summed E-state index contributed by atoms with van der Waals surface area (Å²) < 4.78 is 79.8. The van der Waals surface area contributed by atoms with Gasteiger partial charge in [0.05, 0.1) is 18.4 Å². The quantitative estimate of drug-likeness (QED) is 0.510. The molecule has 10 nitrogen and oxygen atoms in total. The van der Waals surface area contributed by atoms with E-state index < -0.39 is 24.3 Å². The first kappa shape index (κ1) is 32.6. The van der Waals surface area contributed by atoms with Crippen molar-refractivity contribution >= 4 is 11.9 Å². The van der Waals surface area contributed by atoms with E-state index in [4.69, 9.17) is 33.8 Å². The molecule has 2 N–H and O–H groups in total. The summed E-state index contributed by atoms with van der Waals surface area (Å²) in [5.74, 6) is -3.99. The minimum atomic E-state index is -5.08. The van der Waals surface area contributed by atoms with Gasteiger partial charge in [0.25, 0.3) is 0 Å². The van der Waals surface area contributed by atoms with E-state index in [1.54, 1.807) is 7.11 Å². The van der Waals surface area contributed by atoms with E-state index in [9.17, 15) is 26.3 Å². The van der Waals surface area contributed by atoms with E-state index in [1.165, 1.54) is 5.56 Å². The minimum Gasteiger partial charge on any atom is -0.475 e. The Kier molecular flexibility index (Phi) is 12.3. The van der Waals surface area contributed by atoms with E-state index in [-0.39, 0.29) is 0 Å². The lowest BCUT2D eigenvalue weighted by Gasteiger charge is -2.41. The van der Waals surface area contributed by atoms with Crippen molar-refractivity contribution in [2.45, 2.75) is 51.3 Å². The predicted octanol–water partition coefficient (Wildman–Crippen LogP) is 2.73. The molecule has 0 saturated carbocycles. The molecule has 16 heteroatoms. The summed E-state index contributed by atoms with van der Waals surface area (Å²) in [6.07, 6.45) is -8.70. The molecule has 214 valence electrons.